The minimum atomic E-state index is -0.191. The van der Waals surface area contributed by atoms with Gasteiger partial charge in [-0.1, -0.05) is 36.1 Å². The Morgan fingerprint density at radius 1 is 1.32 bits per heavy atom. The highest BCUT2D eigenvalue weighted by Crippen LogP contribution is 2.38. The van der Waals surface area contributed by atoms with Gasteiger partial charge in [0, 0.05) is 5.70 Å². The van der Waals surface area contributed by atoms with Crippen LogP contribution in [-0.2, 0) is 14.3 Å². The predicted molar refractivity (Wildman–Crippen MR) is 111 cm³/mol. The summed E-state index contributed by atoms with van der Waals surface area (Å²) in [5.74, 6) is 1.13. The summed E-state index contributed by atoms with van der Waals surface area (Å²) in [5.41, 5.74) is 1.54. The summed E-state index contributed by atoms with van der Waals surface area (Å²) in [5, 5.41) is 0. The van der Waals surface area contributed by atoms with Crippen molar-refractivity contribution in [3.05, 3.63) is 52.6 Å². The molecule has 6 nitrogen and oxygen atoms in total. The number of rotatable bonds is 5. The molecular weight excluding hydrogens is 398 g/mol. The van der Waals surface area contributed by atoms with Gasteiger partial charge in [0.1, 0.15) is 19.0 Å². The zero-order valence-corrected chi connectivity index (χ0v) is 17.0. The number of carbonyl (C=O) groups is 1. The number of hydrogen-bond donors (Lipinski definition) is 0. The average molecular weight is 418 g/mol. The Bertz CT molecular complexity index is 908. The van der Waals surface area contributed by atoms with Gasteiger partial charge in [-0.15, -0.1) is 0 Å². The highest BCUT2D eigenvalue weighted by molar-refractivity contribution is 8.26. The Hall–Kier alpha value is -2.13. The van der Waals surface area contributed by atoms with Crippen LogP contribution < -0.4 is 9.47 Å². The first-order chi connectivity index (χ1) is 13.6. The van der Waals surface area contributed by atoms with Crippen molar-refractivity contribution in [1.82, 2.24) is 4.90 Å². The number of hydrogen-bond acceptors (Lipinski definition) is 7. The number of amides is 1. The van der Waals surface area contributed by atoms with E-state index in [9.17, 15) is 4.79 Å². The molecule has 0 radical (unpaired) electrons. The molecule has 0 spiro atoms. The first kappa shape index (κ1) is 19.2. The first-order valence-corrected chi connectivity index (χ1v) is 10.0. The van der Waals surface area contributed by atoms with Crippen LogP contribution in [0, 0.1) is 0 Å². The van der Waals surface area contributed by atoms with Gasteiger partial charge in [0.25, 0.3) is 5.91 Å². The van der Waals surface area contributed by atoms with Crippen molar-refractivity contribution in [3.8, 4) is 11.5 Å². The van der Waals surface area contributed by atoms with Gasteiger partial charge < -0.3 is 18.9 Å². The van der Waals surface area contributed by atoms with Crippen LogP contribution in [0.15, 0.2) is 47.0 Å². The minimum Gasteiger partial charge on any atom is -0.493 e. The quantitative estimate of drug-likeness (QED) is 0.537. The number of thiocarbonyl (C=S) groups is 1. The molecule has 2 saturated heterocycles. The summed E-state index contributed by atoms with van der Waals surface area (Å²) < 4.78 is 22.4. The number of ether oxygens (including phenoxy) is 4. The summed E-state index contributed by atoms with van der Waals surface area (Å²) in [7, 11) is 1.59. The SMILES string of the molecule is CCOc1ccc(/C=C2\SC(=S)N(C3=C[C@@H]4OCO[C@H]4C=C3)C2=O)cc1OC. The molecule has 2 atom stereocenters. The van der Waals surface area contributed by atoms with Gasteiger partial charge in [-0.2, -0.15) is 0 Å². The summed E-state index contributed by atoms with van der Waals surface area (Å²) in [6.45, 7) is 2.72. The molecule has 0 saturated carbocycles. The van der Waals surface area contributed by atoms with Crippen molar-refractivity contribution in [2.24, 2.45) is 0 Å². The smallest absolute Gasteiger partial charge is 0.270 e. The van der Waals surface area contributed by atoms with E-state index in [4.69, 9.17) is 31.2 Å². The fourth-order valence-corrected chi connectivity index (χ4v) is 4.45. The summed E-state index contributed by atoms with van der Waals surface area (Å²) in [4.78, 5) is 15.1. The van der Waals surface area contributed by atoms with E-state index in [0.717, 1.165) is 5.56 Å². The van der Waals surface area contributed by atoms with E-state index < -0.39 is 0 Å². The van der Waals surface area contributed by atoms with E-state index in [-0.39, 0.29) is 24.9 Å². The second kappa shape index (κ2) is 8.08. The van der Waals surface area contributed by atoms with E-state index in [0.29, 0.717) is 33.0 Å². The van der Waals surface area contributed by atoms with Crippen LogP contribution in [0.2, 0.25) is 0 Å². The number of nitrogens with zero attached hydrogens (tertiary/aromatic N) is 1. The van der Waals surface area contributed by atoms with Crippen LogP contribution in [-0.4, -0.2) is 47.8 Å². The molecule has 146 valence electrons. The van der Waals surface area contributed by atoms with Gasteiger partial charge >= 0.3 is 0 Å². The van der Waals surface area contributed by atoms with Crippen molar-refractivity contribution >= 4 is 40.3 Å². The standard InChI is InChI=1S/C20H19NO5S2/c1-3-24-14-6-4-12(8-16(14)23-2)9-18-19(22)21(20(27)28-18)13-5-7-15-17(10-13)26-11-25-15/h4-10,15,17H,3,11H2,1-2H3/b18-9-/t15-,17-/m0/s1. The van der Waals surface area contributed by atoms with Crippen LogP contribution in [0.1, 0.15) is 12.5 Å². The molecule has 2 aliphatic heterocycles. The van der Waals surface area contributed by atoms with Gasteiger partial charge in [0.2, 0.25) is 0 Å². The molecule has 1 aromatic rings. The fraction of sp³-hybridized carbons (Fsp3) is 0.300. The lowest BCUT2D eigenvalue weighted by Gasteiger charge is -2.22. The summed E-state index contributed by atoms with van der Waals surface area (Å²) in [6, 6.07) is 5.55. The molecule has 1 aliphatic carbocycles. The zero-order chi connectivity index (χ0) is 19.7. The average Bonchev–Trinajstić information content (AvgIpc) is 3.26. The predicted octanol–water partition coefficient (Wildman–Crippen LogP) is 3.49. The Morgan fingerprint density at radius 2 is 2.14 bits per heavy atom. The van der Waals surface area contributed by atoms with Gasteiger partial charge in [0.15, 0.2) is 15.8 Å². The monoisotopic (exact) mass is 417 g/mol. The van der Waals surface area contributed by atoms with Crippen LogP contribution >= 0.6 is 24.0 Å². The van der Waals surface area contributed by atoms with E-state index in [2.05, 4.69) is 0 Å². The molecule has 3 aliphatic rings. The lowest BCUT2D eigenvalue weighted by molar-refractivity contribution is -0.120. The summed E-state index contributed by atoms with van der Waals surface area (Å²) >= 11 is 6.72. The number of thioether (sulfide) groups is 1. The maximum atomic E-state index is 13.0. The highest BCUT2D eigenvalue weighted by atomic mass is 32.2. The Kier molecular flexibility index (Phi) is 5.54. The maximum absolute atomic E-state index is 13.0. The number of fused-ring (bicyclic) bond motifs is 1. The second-order valence-corrected chi connectivity index (χ2v) is 7.87. The second-order valence-electron chi connectivity index (χ2n) is 6.19. The van der Waals surface area contributed by atoms with E-state index in [1.165, 1.54) is 16.7 Å². The normalized spacial score (nSPS) is 25.3. The van der Waals surface area contributed by atoms with Gasteiger partial charge in [-0.25, -0.2) is 0 Å². The van der Waals surface area contributed by atoms with Crippen molar-refractivity contribution in [1.29, 1.82) is 0 Å². The van der Waals surface area contributed by atoms with E-state index in [1.54, 1.807) is 7.11 Å². The van der Waals surface area contributed by atoms with E-state index >= 15 is 0 Å². The van der Waals surface area contributed by atoms with Crippen molar-refractivity contribution in [3.63, 3.8) is 0 Å². The molecular formula is C20H19NO5S2. The minimum absolute atomic E-state index is 0.103. The lowest BCUT2D eigenvalue weighted by Crippen LogP contribution is -2.31. The van der Waals surface area contributed by atoms with Crippen LogP contribution in [0.5, 0.6) is 11.5 Å². The molecule has 1 amide bonds. The summed E-state index contributed by atoms with van der Waals surface area (Å²) in [6.07, 6.45) is 7.14. The maximum Gasteiger partial charge on any atom is 0.270 e. The van der Waals surface area contributed by atoms with Gasteiger partial charge in [0.05, 0.1) is 18.6 Å². The highest BCUT2D eigenvalue weighted by Gasteiger charge is 2.37. The van der Waals surface area contributed by atoms with Gasteiger partial charge in [-0.05, 0) is 42.8 Å². The molecule has 0 aromatic heterocycles. The van der Waals surface area contributed by atoms with Crippen LogP contribution in [0.3, 0.4) is 0 Å². The van der Waals surface area contributed by atoms with E-state index in [1.807, 2.05) is 49.4 Å². The van der Waals surface area contributed by atoms with Crippen LogP contribution in [0.4, 0.5) is 0 Å². The number of methoxy groups -OCH3 is 1. The number of benzene rings is 1. The van der Waals surface area contributed by atoms with Gasteiger partial charge in [-0.3, -0.25) is 9.69 Å². The molecule has 0 unspecified atom stereocenters. The van der Waals surface area contributed by atoms with Crippen molar-refractivity contribution in [2.75, 3.05) is 20.5 Å². The molecule has 2 heterocycles. The molecule has 0 bridgehead atoms. The zero-order valence-electron chi connectivity index (χ0n) is 15.4. The molecule has 1 aromatic carbocycles. The van der Waals surface area contributed by atoms with Crippen LogP contribution in [0.25, 0.3) is 6.08 Å². The Labute approximate surface area is 172 Å². The third-order valence-corrected chi connectivity index (χ3v) is 5.78. The molecule has 28 heavy (non-hydrogen) atoms. The number of allylic oxidation sites excluding steroid dienone is 1. The fourth-order valence-electron chi connectivity index (χ4n) is 3.15. The molecule has 8 heteroatoms. The molecule has 2 fully saturated rings. The first-order valence-electron chi connectivity index (χ1n) is 8.82. The molecule has 0 N–H and O–H groups in total. The largest absolute Gasteiger partial charge is 0.493 e. The third-order valence-electron chi connectivity index (χ3n) is 4.47. The van der Waals surface area contributed by atoms with Crippen molar-refractivity contribution in [2.45, 2.75) is 19.1 Å². The van der Waals surface area contributed by atoms with Crippen molar-refractivity contribution < 1.29 is 23.7 Å². The topological polar surface area (TPSA) is 57.2 Å². The Balaban J connectivity index is 1.58. The lowest BCUT2D eigenvalue weighted by atomic mass is 10.1. The number of carbonyl (C=O) groups excluding carboxylic acids is 1. The molecule has 4 rings (SSSR count). The Morgan fingerprint density at radius 3 is 2.93 bits per heavy atom. The third kappa shape index (κ3) is 3.60.